The lowest BCUT2D eigenvalue weighted by atomic mass is 10.1. The Morgan fingerprint density at radius 3 is 3.00 bits per heavy atom. The zero-order valence-electron chi connectivity index (χ0n) is 11.6. The number of aromatic nitrogens is 4. The Labute approximate surface area is 117 Å². The van der Waals surface area contributed by atoms with Crippen LogP contribution < -0.4 is 5.32 Å². The highest BCUT2D eigenvalue weighted by Gasteiger charge is 2.10. The van der Waals surface area contributed by atoms with Gasteiger partial charge in [0.2, 0.25) is 0 Å². The molecule has 0 aliphatic rings. The van der Waals surface area contributed by atoms with Crippen LogP contribution in [0.5, 0.6) is 0 Å². The standard InChI is InChI=1S/C15H17N5/c1-10-4-3-6-16-13(10)8-11(2)20-15-12-5-7-17-14(12)18-9-19-15/h3-7,9,11H,8H2,1-2H3,(H2,17,18,19,20). The Kier molecular flexibility index (Phi) is 3.33. The Bertz CT molecular complexity index is 719. The van der Waals surface area contributed by atoms with E-state index in [9.17, 15) is 0 Å². The number of pyridine rings is 1. The van der Waals surface area contributed by atoms with Crippen molar-refractivity contribution in [1.82, 2.24) is 19.9 Å². The average Bonchev–Trinajstić information content (AvgIpc) is 2.91. The number of anilines is 1. The number of aromatic amines is 1. The number of hydrogen-bond donors (Lipinski definition) is 2. The number of aryl methyl sites for hydroxylation is 1. The van der Waals surface area contributed by atoms with E-state index < -0.39 is 0 Å². The minimum atomic E-state index is 0.247. The van der Waals surface area contributed by atoms with Crippen LogP contribution in [-0.4, -0.2) is 26.0 Å². The SMILES string of the molecule is Cc1cccnc1CC(C)Nc1ncnc2[nH]ccc12. The molecule has 5 nitrogen and oxygen atoms in total. The maximum atomic E-state index is 4.43. The molecule has 2 N–H and O–H groups in total. The molecular formula is C15H17N5. The molecule has 0 saturated carbocycles. The van der Waals surface area contributed by atoms with Gasteiger partial charge in [0.25, 0.3) is 0 Å². The van der Waals surface area contributed by atoms with Crippen LogP contribution in [0.4, 0.5) is 5.82 Å². The predicted molar refractivity (Wildman–Crippen MR) is 79.7 cm³/mol. The van der Waals surface area contributed by atoms with Crippen molar-refractivity contribution in [3.63, 3.8) is 0 Å². The van der Waals surface area contributed by atoms with Crippen molar-refractivity contribution in [3.8, 4) is 0 Å². The van der Waals surface area contributed by atoms with Crippen LogP contribution in [0, 0.1) is 6.92 Å². The van der Waals surface area contributed by atoms with E-state index in [0.29, 0.717) is 0 Å². The molecule has 1 unspecified atom stereocenters. The molecule has 0 spiro atoms. The molecule has 0 aliphatic heterocycles. The third-order valence-electron chi connectivity index (χ3n) is 3.35. The first kappa shape index (κ1) is 12.6. The van der Waals surface area contributed by atoms with E-state index in [0.717, 1.165) is 29.0 Å². The van der Waals surface area contributed by atoms with E-state index in [2.05, 4.69) is 45.2 Å². The smallest absolute Gasteiger partial charge is 0.142 e. The summed E-state index contributed by atoms with van der Waals surface area (Å²) in [6.45, 7) is 4.22. The molecular weight excluding hydrogens is 250 g/mol. The molecule has 0 saturated heterocycles. The average molecular weight is 267 g/mol. The second-order valence-corrected chi connectivity index (χ2v) is 4.98. The fourth-order valence-electron chi connectivity index (χ4n) is 2.29. The first-order valence-electron chi connectivity index (χ1n) is 6.69. The molecule has 3 aromatic heterocycles. The zero-order valence-corrected chi connectivity index (χ0v) is 11.6. The van der Waals surface area contributed by atoms with Crippen molar-refractivity contribution in [1.29, 1.82) is 0 Å². The van der Waals surface area contributed by atoms with E-state index in [1.54, 1.807) is 6.33 Å². The van der Waals surface area contributed by atoms with Crippen LogP contribution in [0.15, 0.2) is 36.9 Å². The number of nitrogens with one attached hydrogen (secondary N) is 2. The van der Waals surface area contributed by atoms with E-state index in [1.807, 2.05) is 24.5 Å². The lowest BCUT2D eigenvalue weighted by molar-refractivity contribution is 0.761. The maximum Gasteiger partial charge on any atom is 0.142 e. The molecule has 0 amide bonds. The summed E-state index contributed by atoms with van der Waals surface area (Å²) in [5.41, 5.74) is 3.19. The molecule has 0 bridgehead atoms. The predicted octanol–water partition coefficient (Wildman–Crippen LogP) is 2.70. The van der Waals surface area contributed by atoms with Gasteiger partial charge in [0.1, 0.15) is 17.8 Å². The highest BCUT2D eigenvalue weighted by atomic mass is 15.0. The lowest BCUT2D eigenvalue weighted by Gasteiger charge is -2.15. The van der Waals surface area contributed by atoms with Gasteiger partial charge >= 0.3 is 0 Å². The number of nitrogens with zero attached hydrogens (tertiary/aromatic N) is 3. The Balaban J connectivity index is 1.78. The third-order valence-corrected chi connectivity index (χ3v) is 3.35. The van der Waals surface area contributed by atoms with Gasteiger partial charge in [0.05, 0.1) is 5.39 Å². The summed E-state index contributed by atoms with van der Waals surface area (Å²) in [6.07, 6.45) is 6.14. The summed E-state index contributed by atoms with van der Waals surface area (Å²) in [5, 5.41) is 4.45. The van der Waals surface area contributed by atoms with E-state index in [4.69, 9.17) is 0 Å². The maximum absolute atomic E-state index is 4.43. The topological polar surface area (TPSA) is 66.5 Å². The third kappa shape index (κ3) is 2.47. The van der Waals surface area contributed by atoms with Gasteiger partial charge in [0, 0.05) is 30.6 Å². The molecule has 3 aromatic rings. The highest BCUT2D eigenvalue weighted by molar-refractivity contribution is 5.86. The summed E-state index contributed by atoms with van der Waals surface area (Å²) < 4.78 is 0. The highest BCUT2D eigenvalue weighted by Crippen LogP contribution is 2.19. The fourth-order valence-corrected chi connectivity index (χ4v) is 2.29. The van der Waals surface area contributed by atoms with Crippen LogP contribution >= 0.6 is 0 Å². The summed E-state index contributed by atoms with van der Waals surface area (Å²) in [7, 11) is 0. The fraction of sp³-hybridized carbons (Fsp3) is 0.267. The van der Waals surface area contributed by atoms with Gasteiger partial charge in [0.15, 0.2) is 0 Å². The van der Waals surface area contributed by atoms with Crippen LogP contribution in [-0.2, 0) is 6.42 Å². The van der Waals surface area contributed by atoms with Gasteiger partial charge in [-0.05, 0) is 31.5 Å². The van der Waals surface area contributed by atoms with Gasteiger partial charge in [-0.3, -0.25) is 4.98 Å². The molecule has 0 fully saturated rings. The molecule has 102 valence electrons. The molecule has 0 aliphatic carbocycles. The number of rotatable bonds is 4. The van der Waals surface area contributed by atoms with Gasteiger partial charge in [-0.25, -0.2) is 9.97 Å². The largest absolute Gasteiger partial charge is 0.367 e. The van der Waals surface area contributed by atoms with Crippen molar-refractivity contribution in [2.24, 2.45) is 0 Å². The number of hydrogen-bond acceptors (Lipinski definition) is 4. The Morgan fingerprint density at radius 2 is 2.15 bits per heavy atom. The van der Waals surface area contributed by atoms with Gasteiger partial charge in [-0.2, -0.15) is 0 Å². The summed E-state index contributed by atoms with van der Waals surface area (Å²) in [4.78, 5) is 16.0. The first-order chi connectivity index (χ1) is 9.74. The summed E-state index contributed by atoms with van der Waals surface area (Å²) in [6, 6.07) is 6.28. The molecule has 0 aromatic carbocycles. The van der Waals surface area contributed by atoms with Crippen molar-refractivity contribution in [3.05, 3.63) is 48.2 Å². The molecule has 3 rings (SSSR count). The van der Waals surface area contributed by atoms with Gasteiger partial charge in [-0.1, -0.05) is 6.07 Å². The second kappa shape index (κ2) is 5.28. The molecule has 5 heteroatoms. The second-order valence-electron chi connectivity index (χ2n) is 4.98. The first-order valence-corrected chi connectivity index (χ1v) is 6.69. The number of H-pyrrole nitrogens is 1. The zero-order chi connectivity index (χ0) is 13.9. The Hall–Kier alpha value is -2.43. The van der Waals surface area contributed by atoms with Gasteiger partial charge < -0.3 is 10.3 Å². The molecule has 1 atom stereocenters. The van der Waals surface area contributed by atoms with Crippen molar-refractivity contribution in [2.75, 3.05) is 5.32 Å². The molecule has 20 heavy (non-hydrogen) atoms. The van der Waals surface area contributed by atoms with Crippen LogP contribution in [0.25, 0.3) is 11.0 Å². The monoisotopic (exact) mass is 267 g/mol. The van der Waals surface area contributed by atoms with E-state index >= 15 is 0 Å². The van der Waals surface area contributed by atoms with Crippen LogP contribution in [0.1, 0.15) is 18.2 Å². The quantitative estimate of drug-likeness (QED) is 0.762. The van der Waals surface area contributed by atoms with Crippen LogP contribution in [0.2, 0.25) is 0 Å². The molecule has 0 radical (unpaired) electrons. The van der Waals surface area contributed by atoms with Crippen molar-refractivity contribution < 1.29 is 0 Å². The van der Waals surface area contributed by atoms with E-state index in [1.165, 1.54) is 5.56 Å². The number of fused-ring (bicyclic) bond motifs is 1. The minimum Gasteiger partial charge on any atom is -0.367 e. The van der Waals surface area contributed by atoms with Gasteiger partial charge in [-0.15, -0.1) is 0 Å². The lowest BCUT2D eigenvalue weighted by Crippen LogP contribution is -2.20. The van der Waals surface area contributed by atoms with Crippen LogP contribution in [0.3, 0.4) is 0 Å². The minimum absolute atomic E-state index is 0.247. The summed E-state index contributed by atoms with van der Waals surface area (Å²) in [5.74, 6) is 0.859. The van der Waals surface area contributed by atoms with Crippen molar-refractivity contribution >= 4 is 16.9 Å². The normalized spacial score (nSPS) is 12.5. The van der Waals surface area contributed by atoms with Crippen molar-refractivity contribution in [2.45, 2.75) is 26.3 Å². The Morgan fingerprint density at radius 1 is 1.25 bits per heavy atom. The van der Waals surface area contributed by atoms with E-state index in [-0.39, 0.29) is 6.04 Å². The summed E-state index contributed by atoms with van der Waals surface area (Å²) >= 11 is 0. The molecule has 3 heterocycles.